The first-order valence-corrected chi connectivity index (χ1v) is 24.1. The summed E-state index contributed by atoms with van der Waals surface area (Å²) in [6.07, 6.45) is 40.0. The van der Waals surface area contributed by atoms with Crippen molar-refractivity contribution in [3.63, 3.8) is 0 Å². The third-order valence-corrected chi connectivity index (χ3v) is 11.1. The van der Waals surface area contributed by atoms with Crippen LogP contribution in [0.15, 0.2) is 0 Å². The zero-order valence-corrected chi connectivity index (χ0v) is 36.0. The molecule has 322 valence electrons. The van der Waals surface area contributed by atoms with Crippen LogP contribution in [-0.4, -0.2) is 60.5 Å². The van der Waals surface area contributed by atoms with Gasteiger partial charge in [-0.25, -0.2) is 4.57 Å². The number of carbonyl (C=O) groups excluding carboxylic acids is 1. The number of carbonyl (C=O) groups is 2. The van der Waals surface area contributed by atoms with E-state index in [1.807, 2.05) is 0 Å². The van der Waals surface area contributed by atoms with E-state index >= 15 is 0 Å². The molecule has 0 aromatic heterocycles. The van der Waals surface area contributed by atoms with Crippen molar-refractivity contribution in [3.05, 3.63) is 0 Å². The van der Waals surface area contributed by atoms with Crippen molar-refractivity contribution < 1.29 is 42.7 Å². The predicted octanol–water partition coefficient (Wildman–Crippen LogP) is 12.4. The Labute approximate surface area is 331 Å². The Hall–Kier alpha value is -1.03. The molecule has 10 nitrogen and oxygen atoms in total. The molecule has 0 radical (unpaired) electrons. The summed E-state index contributed by atoms with van der Waals surface area (Å²) in [5, 5.41) is 8.89. The molecule has 11 heteroatoms. The second kappa shape index (κ2) is 40.2. The van der Waals surface area contributed by atoms with Crippen LogP contribution < -0.4 is 5.73 Å². The number of hydrogen-bond acceptors (Lipinski definition) is 8. The summed E-state index contributed by atoms with van der Waals surface area (Å²) in [6.45, 7) is 3.93. The highest BCUT2D eigenvalue weighted by molar-refractivity contribution is 7.47. The van der Waals surface area contributed by atoms with E-state index in [1.54, 1.807) is 0 Å². The van der Waals surface area contributed by atoms with Gasteiger partial charge in [0.25, 0.3) is 0 Å². The van der Waals surface area contributed by atoms with E-state index in [0.717, 1.165) is 38.5 Å². The quantitative estimate of drug-likeness (QED) is 0.0308. The first kappa shape index (κ1) is 53.0. The number of hydrogen-bond donors (Lipinski definition) is 3. The van der Waals surface area contributed by atoms with Crippen molar-refractivity contribution >= 4 is 19.8 Å². The molecule has 0 heterocycles. The Bertz CT molecular complexity index is 878. The van der Waals surface area contributed by atoms with E-state index in [4.69, 9.17) is 29.4 Å². The minimum atomic E-state index is -4.61. The largest absolute Gasteiger partial charge is 0.480 e. The molecule has 0 saturated heterocycles. The summed E-state index contributed by atoms with van der Waals surface area (Å²) in [6, 6.07) is -1.47. The van der Waals surface area contributed by atoms with Crippen LogP contribution >= 0.6 is 7.82 Å². The number of rotatable bonds is 44. The van der Waals surface area contributed by atoms with Crippen molar-refractivity contribution in [2.45, 2.75) is 238 Å². The van der Waals surface area contributed by atoms with Gasteiger partial charge in [-0.1, -0.05) is 206 Å². The maximum Gasteiger partial charge on any atom is 0.472 e. The molecule has 0 fully saturated rings. The van der Waals surface area contributed by atoms with Crippen molar-refractivity contribution in [2.24, 2.45) is 5.73 Å². The zero-order valence-electron chi connectivity index (χ0n) is 35.1. The van der Waals surface area contributed by atoms with E-state index in [1.165, 1.54) is 167 Å². The van der Waals surface area contributed by atoms with E-state index in [2.05, 4.69) is 13.8 Å². The number of aliphatic carboxylic acids is 1. The van der Waals surface area contributed by atoms with Crippen molar-refractivity contribution in [1.82, 2.24) is 0 Å². The molecule has 3 unspecified atom stereocenters. The third-order valence-electron chi connectivity index (χ3n) is 10.1. The van der Waals surface area contributed by atoms with Gasteiger partial charge in [0.1, 0.15) is 12.1 Å². The summed E-state index contributed by atoms with van der Waals surface area (Å²) >= 11 is 0. The van der Waals surface area contributed by atoms with Gasteiger partial charge in [0.05, 0.1) is 19.8 Å². The summed E-state index contributed by atoms with van der Waals surface area (Å²) in [4.78, 5) is 33.5. The van der Waals surface area contributed by atoms with E-state index in [9.17, 15) is 19.0 Å². The van der Waals surface area contributed by atoms with Gasteiger partial charge in [0.2, 0.25) is 0 Å². The van der Waals surface area contributed by atoms with Crippen molar-refractivity contribution in [2.75, 3.05) is 26.4 Å². The van der Waals surface area contributed by atoms with Crippen LogP contribution in [0.3, 0.4) is 0 Å². The highest BCUT2D eigenvalue weighted by atomic mass is 31.2. The number of phosphoric ester groups is 1. The highest BCUT2D eigenvalue weighted by Crippen LogP contribution is 2.43. The van der Waals surface area contributed by atoms with E-state index in [0.29, 0.717) is 6.61 Å². The second-order valence-electron chi connectivity index (χ2n) is 15.5. The Morgan fingerprint density at radius 1 is 0.519 bits per heavy atom. The SMILES string of the molecule is CCCCCCCCCCCCCCCCCCCOCC(COP(=O)(O)OCC(N)C(=O)O)OC(=O)CCCCCCCCCCCCCCCCC. The number of carboxylic acids is 1. The van der Waals surface area contributed by atoms with Crippen LogP contribution in [-0.2, 0) is 32.7 Å². The lowest BCUT2D eigenvalue weighted by atomic mass is 10.0. The van der Waals surface area contributed by atoms with E-state index < -0.39 is 45.1 Å². The van der Waals surface area contributed by atoms with Gasteiger partial charge in [0, 0.05) is 13.0 Å². The van der Waals surface area contributed by atoms with Gasteiger partial charge in [-0.15, -0.1) is 0 Å². The Kier molecular flexibility index (Phi) is 39.4. The molecule has 0 bridgehead atoms. The fourth-order valence-electron chi connectivity index (χ4n) is 6.61. The molecule has 0 aromatic carbocycles. The highest BCUT2D eigenvalue weighted by Gasteiger charge is 2.27. The Morgan fingerprint density at radius 3 is 1.22 bits per heavy atom. The first-order valence-electron chi connectivity index (χ1n) is 22.6. The minimum Gasteiger partial charge on any atom is -0.480 e. The maximum absolute atomic E-state index is 12.6. The van der Waals surface area contributed by atoms with Crippen LogP contribution in [0.2, 0.25) is 0 Å². The van der Waals surface area contributed by atoms with Gasteiger partial charge in [0.15, 0.2) is 0 Å². The number of carboxylic acid groups (broad SMARTS) is 1. The second-order valence-corrected chi connectivity index (χ2v) is 17.0. The molecular formula is C43H86NO9P. The number of phosphoric acid groups is 1. The predicted molar refractivity (Wildman–Crippen MR) is 222 cm³/mol. The van der Waals surface area contributed by atoms with Gasteiger partial charge < -0.3 is 25.2 Å². The van der Waals surface area contributed by atoms with Gasteiger partial charge in [-0.05, 0) is 12.8 Å². The molecule has 4 N–H and O–H groups in total. The van der Waals surface area contributed by atoms with Crippen LogP contribution in [0.25, 0.3) is 0 Å². The van der Waals surface area contributed by atoms with Gasteiger partial charge in [-0.3, -0.25) is 18.6 Å². The maximum atomic E-state index is 12.6. The van der Waals surface area contributed by atoms with Crippen LogP contribution in [0.1, 0.15) is 226 Å². The third kappa shape index (κ3) is 39.2. The van der Waals surface area contributed by atoms with E-state index in [-0.39, 0.29) is 13.0 Å². The van der Waals surface area contributed by atoms with Crippen LogP contribution in [0.4, 0.5) is 0 Å². The summed E-state index contributed by atoms with van der Waals surface area (Å²) < 4.78 is 33.4. The molecule has 0 aliphatic heterocycles. The fraction of sp³-hybridized carbons (Fsp3) is 0.953. The van der Waals surface area contributed by atoms with Crippen molar-refractivity contribution in [1.29, 1.82) is 0 Å². The molecule has 0 aliphatic rings. The lowest BCUT2D eigenvalue weighted by Gasteiger charge is -2.20. The molecule has 0 rings (SSSR count). The van der Waals surface area contributed by atoms with Gasteiger partial charge in [-0.2, -0.15) is 0 Å². The average Bonchev–Trinajstić information content (AvgIpc) is 3.15. The molecule has 3 atom stereocenters. The molecule has 54 heavy (non-hydrogen) atoms. The standard InChI is InChI=1S/C43H86NO9P/c1-3-5-7-9-11-13-15-17-19-20-22-24-26-28-30-32-34-36-50-37-40(38-51-54(48,49)52-39-41(44)43(46)47)53-42(45)35-33-31-29-27-25-23-21-18-16-14-12-10-8-6-4-2/h40-41H,3-39,44H2,1-2H3,(H,46,47)(H,48,49). The first-order chi connectivity index (χ1) is 26.2. The van der Waals surface area contributed by atoms with Crippen LogP contribution in [0.5, 0.6) is 0 Å². The zero-order chi connectivity index (χ0) is 39.8. The van der Waals surface area contributed by atoms with Crippen molar-refractivity contribution in [3.8, 4) is 0 Å². The molecule has 0 spiro atoms. The lowest BCUT2D eigenvalue weighted by molar-refractivity contribution is -0.154. The number of nitrogens with two attached hydrogens (primary N) is 1. The summed E-state index contributed by atoms with van der Waals surface area (Å²) in [5.41, 5.74) is 5.36. The number of ether oxygens (including phenoxy) is 2. The molecule has 0 aliphatic carbocycles. The number of esters is 1. The average molecular weight is 792 g/mol. The summed E-state index contributed by atoms with van der Waals surface area (Å²) in [5.74, 6) is -1.76. The molecular weight excluding hydrogens is 705 g/mol. The normalized spacial score (nSPS) is 13.9. The minimum absolute atomic E-state index is 0.0259. The Morgan fingerprint density at radius 2 is 0.852 bits per heavy atom. The monoisotopic (exact) mass is 792 g/mol. The molecule has 0 amide bonds. The molecule has 0 saturated carbocycles. The molecule has 0 aromatic rings. The number of unbranched alkanes of at least 4 members (excludes halogenated alkanes) is 30. The summed E-state index contributed by atoms with van der Waals surface area (Å²) in [7, 11) is -4.61. The smallest absolute Gasteiger partial charge is 0.472 e. The fourth-order valence-corrected chi connectivity index (χ4v) is 7.38. The van der Waals surface area contributed by atoms with Gasteiger partial charge >= 0.3 is 19.8 Å². The Balaban J connectivity index is 4.16. The lowest BCUT2D eigenvalue weighted by Crippen LogP contribution is -2.34. The topological polar surface area (TPSA) is 155 Å². The van der Waals surface area contributed by atoms with Crippen LogP contribution in [0, 0.1) is 0 Å².